The fourth-order valence-electron chi connectivity index (χ4n) is 1.84. The maximum absolute atomic E-state index is 11.8. The van der Waals surface area contributed by atoms with Gasteiger partial charge in [0.15, 0.2) is 6.61 Å². The summed E-state index contributed by atoms with van der Waals surface area (Å²) in [4.78, 5) is 46.7. The second-order valence-electron chi connectivity index (χ2n) is 5.91. The van der Waals surface area contributed by atoms with E-state index in [4.69, 9.17) is 4.74 Å². The molecule has 0 fully saturated rings. The van der Waals surface area contributed by atoms with Crippen molar-refractivity contribution < 1.29 is 23.9 Å². The van der Waals surface area contributed by atoms with E-state index >= 15 is 0 Å². The van der Waals surface area contributed by atoms with Crippen LogP contribution in [-0.4, -0.2) is 42.5 Å². The molecule has 0 aliphatic rings. The Morgan fingerprint density at radius 2 is 1.74 bits per heavy atom. The van der Waals surface area contributed by atoms with E-state index in [2.05, 4.69) is 16.0 Å². The van der Waals surface area contributed by atoms with Gasteiger partial charge in [0.25, 0.3) is 5.91 Å². The van der Waals surface area contributed by atoms with E-state index in [1.807, 2.05) is 37.3 Å². The highest BCUT2D eigenvalue weighted by Gasteiger charge is 2.18. The van der Waals surface area contributed by atoms with E-state index in [9.17, 15) is 19.2 Å². The molecule has 0 radical (unpaired) electrons. The largest absolute Gasteiger partial charge is 0.454 e. The first-order valence-corrected chi connectivity index (χ1v) is 8.62. The summed E-state index contributed by atoms with van der Waals surface area (Å²) >= 11 is 0. The molecule has 3 N–H and O–H groups in total. The first-order chi connectivity index (χ1) is 12.8. The van der Waals surface area contributed by atoms with Crippen molar-refractivity contribution in [2.24, 2.45) is 0 Å². The Morgan fingerprint density at radius 1 is 1.07 bits per heavy atom. The van der Waals surface area contributed by atoms with E-state index in [1.54, 1.807) is 13.0 Å². The minimum Gasteiger partial charge on any atom is -0.454 e. The summed E-state index contributed by atoms with van der Waals surface area (Å²) in [5.41, 5.74) is 0.843. The molecule has 0 unspecified atom stereocenters. The predicted octanol–water partition coefficient (Wildman–Crippen LogP) is 1.37. The molecular formula is C19H25N3O5. The Hall–Kier alpha value is -3.16. The standard InChI is InChI=1S/C19H25N3O5/c1-4-13(2)20-19(26)22-17(24)12-27-18(25)14(3)21-16(23)11-10-15-8-6-5-7-9-15/h5-11,13-14H,4,12H2,1-3H3,(H,21,23)(H2,20,22,24,26)/b11-10+/t13-,14+/m1/s1. The molecule has 1 aromatic rings. The Bertz CT molecular complexity index is 688. The zero-order valence-corrected chi connectivity index (χ0v) is 15.7. The fraction of sp³-hybridized carbons (Fsp3) is 0.368. The molecule has 0 saturated heterocycles. The lowest BCUT2D eigenvalue weighted by Crippen LogP contribution is -2.45. The number of esters is 1. The minimum atomic E-state index is -0.945. The van der Waals surface area contributed by atoms with Crippen molar-refractivity contribution in [1.29, 1.82) is 0 Å². The van der Waals surface area contributed by atoms with Crippen LogP contribution in [-0.2, 0) is 19.1 Å². The highest BCUT2D eigenvalue weighted by Crippen LogP contribution is 2.00. The summed E-state index contributed by atoms with van der Waals surface area (Å²) in [6.45, 7) is 4.50. The van der Waals surface area contributed by atoms with Gasteiger partial charge in [0, 0.05) is 12.1 Å². The quantitative estimate of drug-likeness (QED) is 0.469. The number of benzene rings is 1. The summed E-state index contributed by atoms with van der Waals surface area (Å²) in [5, 5.41) is 7.04. The molecule has 0 aliphatic carbocycles. The SMILES string of the molecule is CC[C@@H](C)NC(=O)NC(=O)COC(=O)[C@H](C)NC(=O)/C=C/c1ccccc1. The van der Waals surface area contributed by atoms with Crippen LogP contribution in [0.3, 0.4) is 0 Å². The first-order valence-electron chi connectivity index (χ1n) is 8.62. The third-order valence-corrected chi connectivity index (χ3v) is 3.53. The summed E-state index contributed by atoms with van der Waals surface area (Å²) < 4.78 is 4.79. The highest BCUT2D eigenvalue weighted by atomic mass is 16.5. The van der Waals surface area contributed by atoms with Gasteiger partial charge in [-0.25, -0.2) is 9.59 Å². The molecule has 8 nitrogen and oxygen atoms in total. The minimum absolute atomic E-state index is 0.0838. The zero-order valence-electron chi connectivity index (χ0n) is 15.7. The number of rotatable bonds is 8. The highest BCUT2D eigenvalue weighted by molar-refractivity contribution is 5.97. The molecule has 0 saturated carbocycles. The maximum Gasteiger partial charge on any atom is 0.328 e. The topological polar surface area (TPSA) is 114 Å². The smallest absolute Gasteiger partial charge is 0.328 e. The van der Waals surface area contributed by atoms with Gasteiger partial charge in [-0.15, -0.1) is 0 Å². The van der Waals surface area contributed by atoms with Gasteiger partial charge in [-0.05, 0) is 31.9 Å². The van der Waals surface area contributed by atoms with Crippen LogP contribution in [0.5, 0.6) is 0 Å². The lowest BCUT2D eigenvalue weighted by molar-refractivity contribution is -0.150. The lowest BCUT2D eigenvalue weighted by Gasteiger charge is -2.13. The van der Waals surface area contributed by atoms with Crippen LogP contribution in [0.1, 0.15) is 32.8 Å². The third-order valence-electron chi connectivity index (χ3n) is 3.53. The van der Waals surface area contributed by atoms with Crippen molar-refractivity contribution in [1.82, 2.24) is 16.0 Å². The van der Waals surface area contributed by atoms with Crippen LogP contribution >= 0.6 is 0 Å². The van der Waals surface area contributed by atoms with Gasteiger partial charge < -0.3 is 15.4 Å². The maximum atomic E-state index is 11.8. The molecule has 27 heavy (non-hydrogen) atoms. The summed E-state index contributed by atoms with van der Waals surface area (Å²) in [5.74, 6) is -2.01. The fourth-order valence-corrected chi connectivity index (χ4v) is 1.84. The molecule has 1 rings (SSSR count). The Morgan fingerprint density at radius 3 is 2.37 bits per heavy atom. The van der Waals surface area contributed by atoms with Crippen molar-refractivity contribution in [3.8, 4) is 0 Å². The van der Waals surface area contributed by atoms with E-state index in [-0.39, 0.29) is 6.04 Å². The Balaban J connectivity index is 2.35. The van der Waals surface area contributed by atoms with Crippen LogP contribution in [0.15, 0.2) is 36.4 Å². The Kier molecular flexibility index (Phi) is 9.28. The van der Waals surface area contributed by atoms with Gasteiger partial charge in [-0.2, -0.15) is 0 Å². The first kappa shape index (κ1) is 21.9. The number of carbonyl (C=O) groups excluding carboxylic acids is 4. The van der Waals surface area contributed by atoms with Crippen molar-refractivity contribution in [2.45, 2.75) is 39.3 Å². The number of ether oxygens (including phenoxy) is 1. The second-order valence-corrected chi connectivity index (χ2v) is 5.91. The van der Waals surface area contributed by atoms with Crippen LogP contribution in [0.25, 0.3) is 6.08 Å². The van der Waals surface area contributed by atoms with E-state index < -0.39 is 36.5 Å². The average molecular weight is 375 g/mol. The van der Waals surface area contributed by atoms with Gasteiger partial charge in [0.05, 0.1) is 0 Å². The molecule has 0 spiro atoms. The predicted molar refractivity (Wildman–Crippen MR) is 100 cm³/mol. The molecule has 0 aliphatic heterocycles. The molecule has 4 amide bonds. The number of urea groups is 1. The molecule has 1 aromatic carbocycles. The number of hydrogen-bond acceptors (Lipinski definition) is 5. The van der Waals surface area contributed by atoms with Crippen molar-refractivity contribution in [3.05, 3.63) is 42.0 Å². The number of hydrogen-bond donors (Lipinski definition) is 3. The van der Waals surface area contributed by atoms with Gasteiger partial charge in [-0.3, -0.25) is 14.9 Å². The van der Waals surface area contributed by atoms with Crippen LogP contribution in [0.4, 0.5) is 4.79 Å². The van der Waals surface area contributed by atoms with Gasteiger partial charge in [0.2, 0.25) is 5.91 Å². The average Bonchev–Trinajstić information content (AvgIpc) is 2.64. The van der Waals surface area contributed by atoms with Crippen LogP contribution < -0.4 is 16.0 Å². The van der Waals surface area contributed by atoms with Crippen molar-refractivity contribution in [2.75, 3.05) is 6.61 Å². The normalized spacial score (nSPS) is 12.7. The molecular weight excluding hydrogens is 350 g/mol. The van der Waals surface area contributed by atoms with Crippen molar-refractivity contribution in [3.63, 3.8) is 0 Å². The lowest BCUT2D eigenvalue weighted by atomic mass is 10.2. The number of amides is 4. The van der Waals surface area contributed by atoms with E-state index in [0.717, 1.165) is 5.56 Å². The summed E-state index contributed by atoms with van der Waals surface area (Å²) in [7, 11) is 0. The van der Waals surface area contributed by atoms with Gasteiger partial charge in [0.1, 0.15) is 6.04 Å². The summed E-state index contributed by atoms with van der Waals surface area (Å²) in [6.07, 6.45) is 3.62. The van der Waals surface area contributed by atoms with Crippen LogP contribution in [0, 0.1) is 0 Å². The molecule has 146 valence electrons. The molecule has 0 bridgehead atoms. The van der Waals surface area contributed by atoms with Gasteiger partial charge in [-0.1, -0.05) is 37.3 Å². The zero-order chi connectivity index (χ0) is 20.2. The van der Waals surface area contributed by atoms with Crippen molar-refractivity contribution >= 4 is 29.9 Å². The molecule has 0 aromatic heterocycles. The number of imide groups is 1. The van der Waals surface area contributed by atoms with Crippen LogP contribution in [0.2, 0.25) is 0 Å². The number of carbonyl (C=O) groups is 4. The van der Waals surface area contributed by atoms with Gasteiger partial charge >= 0.3 is 12.0 Å². The monoisotopic (exact) mass is 375 g/mol. The second kappa shape index (κ2) is 11.5. The third kappa shape index (κ3) is 9.20. The number of nitrogens with one attached hydrogen (secondary N) is 3. The van der Waals surface area contributed by atoms with E-state index in [1.165, 1.54) is 13.0 Å². The molecule has 0 heterocycles. The Labute approximate surface area is 158 Å². The van der Waals surface area contributed by atoms with E-state index in [0.29, 0.717) is 6.42 Å². The molecule has 8 heteroatoms. The summed E-state index contributed by atoms with van der Waals surface area (Å²) in [6, 6.07) is 7.52. The molecule has 2 atom stereocenters.